The van der Waals surface area contributed by atoms with Crippen molar-refractivity contribution in [3.8, 4) is 0 Å². The molecule has 6 nitrogen and oxygen atoms in total. The molecule has 1 spiro atoms. The molecule has 0 amide bonds. The molecule has 6 heteroatoms. The summed E-state index contributed by atoms with van der Waals surface area (Å²) in [6, 6.07) is 7.31. The lowest BCUT2D eigenvalue weighted by molar-refractivity contribution is -0.244. The first-order valence-corrected chi connectivity index (χ1v) is 7.35. The molecule has 0 radical (unpaired) electrons. The topological polar surface area (TPSA) is 78.9 Å². The quantitative estimate of drug-likeness (QED) is 0.610. The Labute approximate surface area is 133 Å². The normalized spacial score (nSPS) is 27.1. The van der Waals surface area contributed by atoms with Crippen molar-refractivity contribution in [3.63, 3.8) is 0 Å². The number of esters is 3. The Bertz CT molecular complexity index is 668. The summed E-state index contributed by atoms with van der Waals surface area (Å²) >= 11 is 0. The van der Waals surface area contributed by atoms with Crippen LogP contribution >= 0.6 is 0 Å². The van der Waals surface area contributed by atoms with Gasteiger partial charge in [0.25, 0.3) is 5.79 Å². The summed E-state index contributed by atoms with van der Waals surface area (Å²) < 4.78 is 15.2. The molecule has 1 saturated carbocycles. The number of aryl methyl sites for hydroxylation is 1. The van der Waals surface area contributed by atoms with Crippen molar-refractivity contribution in [3.05, 3.63) is 35.4 Å². The second-order valence-corrected chi connectivity index (χ2v) is 6.44. The second-order valence-electron chi connectivity index (χ2n) is 6.44. The van der Waals surface area contributed by atoms with Gasteiger partial charge >= 0.3 is 17.9 Å². The first kappa shape index (κ1) is 15.5. The fourth-order valence-electron chi connectivity index (χ4n) is 3.29. The molecular weight excluding hydrogens is 300 g/mol. The molecule has 122 valence electrons. The van der Waals surface area contributed by atoms with Crippen LogP contribution in [0, 0.1) is 18.3 Å². The Balaban J connectivity index is 2.05. The number of carbonyl (C=O) groups is 3. The summed E-state index contributed by atoms with van der Waals surface area (Å²) in [5, 5.41) is 0. The highest BCUT2D eigenvalue weighted by molar-refractivity contribution is 6.12. The van der Waals surface area contributed by atoms with E-state index in [9.17, 15) is 14.4 Å². The number of methoxy groups -OCH3 is 1. The minimum absolute atomic E-state index is 0.621. The predicted octanol–water partition coefficient (Wildman–Crippen LogP) is 1.70. The first-order valence-electron chi connectivity index (χ1n) is 7.35. The summed E-state index contributed by atoms with van der Waals surface area (Å²) in [6.07, 6.45) is 0. The van der Waals surface area contributed by atoms with Crippen LogP contribution in [0.5, 0.6) is 0 Å². The van der Waals surface area contributed by atoms with Crippen LogP contribution in [0.4, 0.5) is 0 Å². The second kappa shape index (κ2) is 4.81. The molecule has 23 heavy (non-hydrogen) atoms. The molecular formula is C17H18O6. The van der Waals surface area contributed by atoms with Gasteiger partial charge in [-0.3, -0.25) is 14.4 Å². The number of rotatable bonds is 2. The van der Waals surface area contributed by atoms with Gasteiger partial charge < -0.3 is 14.2 Å². The molecule has 1 aliphatic carbocycles. The fourth-order valence-corrected chi connectivity index (χ4v) is 3.29. The molecule has 0 N–H and O–H groups in total. The van der Waals surface area contributed by atoms with E-state index in [1.54, 1.807) is 12.1 Å². The van der Waals surface area contributed by atoms with Crippen LogP contribution < -0.4 is 0 Å². The third kappa shape index (κ3) is 2.12. The molecule has 2 fully saturated rings. The van der Waals surface area contributed by atoms with E-state index in [1.807, 2.05) is 19.1 Å². The van der Waals surface area contributed by atoms with Gasteiger partial charge in [-0.15, -0.1) is 0 Å². The van der Waals surface area contributed by atoms with Gasteiger partial charge in [-0.2, -0.15) is 0 Å². The summed E-state index contributed by atoms with van der Waals surface area (Å²) in [7, 11) is 1.23. The zero-order valence-electron chi connectivity index (χ0n) is 13.4. The van der Waals surface area contributed by atoms with Crippen molar-refractivity contribution >= 4 is 17.9 Å². The molecule has 2 aliphatic rings. The van der Waals surface area contributed by atoms with Crippen LogP contribution in [0.25, 0.3) is 0 Å². The Morgan fingerprint density at radius 3 is 2.09 bits per heavy atom. The van der Waals surface area contributed by atoms with Gasteiger partial charge in [0.05, 0.1) is 13.0 Å². The van der Waals surface area contributed by atoms with Crippen LogP contribution in [-0.2, 0) is 28.6 Å². The molecule has 0 aromatic heterocycles. The van der Waals surface area contributed by atoms with Crippen LogP contribution in [0.1, 0.15) is 30.9 Å². The highest BCUT2D eigenvalue weighted by Crippen LogP contribution is 2.68. The average Bonchev–Trinajstić information content (AvgIpc) is 3.16. The number of hydrogen-bond donors (Lipinski definition) is 0. The van der Waals surface area contributed by atoms with Crippen molar-refractivity contribution in [2.24, 2.45) is 11.3 Å². The minimum Gasteiger partial charge on any atom is -0.469 e. The maximum absolute atomic E-state index is 12.6. The van der Waals surface area contributed by atoms with Gasteiger partial charge in [0, 0.05) is 19.8 Å². The fraction of sp³-hybridized carbons (Fsp3) is 0.471. The van der Waals surface area contributed by atoms with Crippen LogP contribution in [0.3, 0.4) is 0 Å². The number of cyclic esters (lactones) is 2. The van der Waals surface area contributed by atoms with E-state index < -0.39 is 40.9 Å². The lowest BCUT2D eigenvalue weighted by atomic mass is 9.97. The standard InChI is InChI=1S/C17H18O6/c1-9-5-7-10(8-6-9)11-12(13(18)21-4)17(11)14(19)22-16(2,3)23-15(17)20/h5-8,11-12H,1-4H3/t11-,12-/m0/s1. The monoisotopic (exact) mass is 318 g/mol. The Morgan fingerprint density at radius 1 is 1.09 bits per heavy atom. The third-order valence-electron chi connectivity index (χ3n) is 4.45. The van der Waals surface area contributed by atoms with Crippen LogP contribution in [0.15, 0.2) is 24.3 Å². The van der Waals surface area contributed by atoms with Gasteiger partial charge in [0.15, 0.2) is 5.41 Å². The molecule has 0 unspecified atom stereocenters. The maximum Gasteiger partial charge on any atom is 0.328 e. The summed E-state index contributed by atoms with van der Waals surface area (Å²) in [5.41, 5.74) is 0.102. The largest absolute Gasteiger partial charge is 0.469 e. The van der Waals surface area contributed by atoms with Gasteiger partial charge in [-0.05, 0) is 12.5 Å². The predicted molar refractivity (Wildman–Crippen MR) is 78.1 cm³/mol. The summed E-state index contributed by atoms with van der Waals surface area (Å²) in [5.74, 6) is -4.98. The van der Waals surface area contributed by atoms with Gasteiger partial charge in [-0.25, -0.2) is 0 Å². The SMILES string of the molecule is COC(=O)[C@@H]1[C@H](c2ccc(C)cc2)C12C(=O)OC(C)(C)OC2=O. The number of hydrogen-bond acceptors (Lipinski definition) is 6. The molecule has 3 rings (SSSR count). The lowest BCUT2D eigenvalue weighted by Crippen LogP contribution is -2.49. The molecule has 1 aromatic rings. The van der Waals surface area contributed by atoms with Crippen molar-refractivity contribution in [2.45, 2.75) is 32.5 Å². The van der Waals surface area contributed by atoms with Gasteiger partial charge in [0.2, 0.25) is 0 Å². The van der Waals surface area contributed by atoms with Crippen LogP contribution in [0.2, 0.25) is 0 Å². The Kier molecular flexibility index (Phi) is 3.25. The van der Waals surface area contributed by atoms with E-state index in [-0.39, 0.29) is 0 Å². The van der Waals surface area contributed by atoms with E-state index in [0.717, 1.165) is 5.56 Å². The smallest absolute Gasteiger partial charge is 0.328 e. The third-order valence-corrected chi connectivity index (χ3v) is 4.45. The van der Waals surface area contributed by atoms with Gasteiger partial charge in [0.1, 0.15) is 0 Å². The zero-order chi connectivity index (χ0) is 17.0. The zero-order valence-corrected chi connectivity index (χ0v) is 13.4. The summed E-state index contributed by atoms with van der Waals surface area (Å²) in [6.45, 7) is 4.88. The van der Waals surface area contributed by atoms with E-state index in [0.29, 0.717) is 5.56 Å². The van der Waals surface area contributed by atoms with Gasteiger partial charge in [-0.1, -0.05) is 29.8 Å². The molecule has 2 atom stereocenters. The van der Waals surface area contributed by atoms with E-state index in [2.05, 4.69) is 0 Å². The maximum atomic E-state index is 12.6. The van der Waals surface area contributed by atoms with Crippen molar-refractivity contribution in [1.29, 1.82) is 0 Å². The highest BCUT2D eigenvalue weighted by atomic mass is 16.7. The number of ether oxygens (including phenoxy) is 3. The molecule has 1 aromatic carbocycles. The highest BCUT2D eigenvalue weighted by Gasteiger charge is 2.82. The average molecular weight is 318 g/mol. The van der Waals surface area contributed by atoms with Crippen LogP contribution in [-0.4, -0.2) is 30.8 Å². The number of benzene rings is 1. The summed E-state index contributed by atoms with van der Waals surface area (Å²) in [4.78, 5) is 37.2. The molecule has 1 aliphatic heterocycles. The molecule has 1 saturated heterocycles. The molecule has 1 heterocycles. The van der Waals surface area contributed by atoms with E-state index >= 15 is 0 Å². The van der Waals surface area contributed by atoms with Crippen molar-refractivity contribution in [1.82, 2.24) is 0 Å². The lowest BCUT2D eigenvalue weighted by Gasteiger charge is -2.33. The number of carbonyl (C=O) groups excluding carboxylic acids is 3. The Hall–Kier alpha value is -2.37. The minimum atomic E-state index is -1.64. The van der Waals surface area contributed by atoms with E-state index in [4.69, 9.17) is 14.2 Å². The Morgan fingerprint density at radius 2 is 1.61 bits per heavy atom. The van der Waals surface area contributed by atoms with Crippen molar-refractivity contribution in [2.75, 3.05) is 7.11 Å². The van der Waals surface area contributed by atoms with E-state index in [1.165, 1.54) is 21.0 Å². The van der Waals surface area contributed by atoms with Crippen molar-refractivity contribution < 1.29 is 28.6 Å². The first-order chi connectivity index (χ1) is 10.7. The molecule has 0 bridgehead atoms.